The third kappa shape index (κ3) is 2.38. The largest absolute Gasteiger partial charge is 0.272 e. The molecular formula is C25H18ClNO3. The summed E-state index contributed by atoms with van der Waals surface area (Å²) in [6, 6.07) is 23.6. The van der Waals surface area contributed by atoms with Crippen molar-refractivity contribution in [2.24, 2.45) is 11.8 Å². The van der Waals surface area contributed by atoms with Gasteiger partial charge in [-0.1, -0.05) is 72.3 Å². The summed E-state index contributed by atoms with van der Waals surface area (Å²) in [4.78, 5) is 32.5. The van der Waals surface area contributed by atoms with Crippen LogP contribution in [0.4, 0.5) is 0 Å². The van der Waals surface area contributed by atoms with E-state index in [0.717, 1.165) is 32.9 Å². The number of imide groups is 1. The van der Waals surface area contributed by atoms with Crippen LogP contribution in [0.25, 0.3) is 0 Å². The van der Waals surface area contributed by atoms with Gasteiger partial charge in [0.05, 0.1) is 11.8 Å². The lowest BCUT2D eigenvalue weighted by molar-refractivity contribution is -0.193. The second kappa shape index (κ2) is 6.53. The zero-order valence-electron chi connectivity index (χ0n) is 16.0. The maximum absolute atomic E-state index is 13.4. The van der Waals surface area contributed by atoms with Gasteiger partial charge in [0.15, 0.2) is 0 Å². The van der Waals surface area contributed by atoms with E-state index in [0.29, 0.717) is 5.02 Å². The van der Waals surface area contributed by atoms with E-state index in [1.165, 1.54) is 0 Å². The summed E-state index contributed by atoms with van der Waals surface area (Å²) in [7, 11) is 0. The van der Waals surface area contributed by atoms with E-state index < -0.39 is 11.8 Å². The van der Waals surface area contributed by atoms with Crippen molar-refractivity contribution in [3.63, 3.8) is 0 Å². The van der Waals surface area contributed by atoms with Crippen LogP contribution in [0.3, 0.4) is 0 Å². The molecule has 1 fully saturated rings. The van der Waals surface area contributed by atoms with Crippen LogP contribution in [0.5, 0.6) is 0 Å². The Kier molecular flexibility index (Phi) is 3.89. The van der Waals surface area contributed by atoms with Gasteiger partial charge in [-0.15, -0.1) is 0 Å². The number of hydroxylamine groups is 2. The molecule has 4 nitrogen and oxygen atoms in total. The minimum Gasteiger partial charge on any atom is -0.272 e. The smallest absolute Gasteiger partial charge is 0.258 e. The van der Waals surface area contributed by atoms with Gasteiger partial charge in [0.1, 0.15) is 6.61 Å². The van der Waals surface area contributed by atoms with Crippen LogP contribution in [0.1, 0.15) is 39.7 Å². The number of nitrogens with zero attached hydrogens (tertiary/aromatic N) is 1. The zero-order chi connectivity index (χ0) is 20.4. The molecule has 1 heterocycles. The van der Waals surface area contributed by atoms with Crippen molar-refractivity contribution in [2.75, 3.05) is 0 Å². The number of benzene rings is 3. The average Bonchev–Trinajstić information content (AvgIpc) is 3.04. The molecule has 2 atom stereocenters. The first kappa shape index (κ1) is 17.9. The minimum atomic E-state index is -0.419. The fourth-order valence-electron chi connectivity index (χ4n) is 5.50. The monoisotopic (exact) mass is 415 g/mol. The molecule has 0 aromatic heterocycles. The van der Waals surface area contributed by atoms with Gasteiger partial charge in [0, 0.05) is 16.9 Å². The molecule has 0 spiro atoms. The van der Waals surface area contributed by atoms with Gasteiger partial charge in [0.2, 0.25) is 0 Å². The Balaban J connectivity index is 1.39. The molecule has 1 saturated heterocycles. The molecule has 5 heteroatoms. The third-order valence-electron chi connectivity index (χ3n) is 6.68. The van der Waals surface area contributed by atoms with E-state index in [2.05, 4.69) is 24.3 Å². The first-order valence-electron chi connectivity index (χ1n) is 10.1. The highest BCUT2D eigenvalue weighted by Gasteiger charge is 2.62. The number of carbonyl (C=O) groups excluding carboxylic acids is 2. The predicted molar refractivity (Wildman–Crippen MR) is 112 cm³/mol. The van der Waals surface area contributed by atoms with E-state index in [9.17, 15) is 9.59 Å². The SMILES string of the molecule is O=C1[C@@H]2C3c4ccccc4C(c4ccccc43)[C@H]2C(=O)N1OCc1ccc(Cl)cc1. The van der Waals surface area contributed by atoms with Crippen LogP contribution in [0.15, 0.2) is 72.8 Å². The lowest BCUT2D eigenvalue weighted by Crippen LogP contribution is -2.41. The van der Waals surface area contributed by atoms with Crippen LogP contribution < -0.4 is 0 Å². The normalized spacial score (nSPS) is 25.8. The summed E-state index contributed by atoms with van der Waals surface area (Å²) in [6.45, 7) is 0.142. The maximum Gasteiger partial charge on any atom is 0.258 e. The molecular weight excluding hydrogens is 398 g/mol. The topological polar surface area (TPSA) is 46.6 Å². The first-order chi connectivity index (χ1) is 14.6. The van der Waals surface area contributed by atoms with E-state index in [1.54, 1.807) is 12.1 Å². The second-order valence-electron chi connectivity index (χ2n) is 8.14. The highest BCUT2D eigenvalue weighted by molar-refractivity contribution is 6.30. The number of hydrogen-bond donors (Lipinski definition) is 0. The van der Waals surface area contributed by atoms with Gasteiger partial charge in [0.25, 0.3) is 11.8 Å². The van der Waals surface area contributed by atoms with Crippen molar-refractivity contribution in [3.05, 3.63) is 106 Å². The molecule has 0 saturated carbocycles. The molecule has 2 amide bonds. The summed E-state index contributed by atoms with van der Waals surface area (Å²) in [6.07, 6.45) is 0. The van der Waals surface area contributed by atoms with Crippen LogP contribution in [-0.2, 0) is 21.0 Å². The summed E-state index contributed by atoms with van der Waals surface area (Å²) in [5.41, 5.74) is 5.47. The van der Waals surface area contributed by atoms with E-state index in [4.69, 9.17) is 16.4 Å². The third-order valence-corrected chi connectivity index (χ3v) is 6.93. The molecule has 148 valence electrons. The Morgan fingerprint density at radius 3 is 1.57 bits per heavy atom. The lowest BCUT2D eigenvalue weighted by Gasteiger charge is -2.45. The van der Waals surface area contributed by atoms with Crippen LogP contribution in [0.2, 0.25) is 5.02 Å². The number of halogens is 1. The van der Waals surface area contributed by atoms with Crippen LogP contribution in [-0.4, -0.2) is 16.9 Å². The lowest BCUT2D eigenvalue weighted by atomic mass is 9.55. The molecule has 2 bridgehead atoms. The van der Waals surface area contributed by atoms with E-state index in [1.807, 2.05) is 36.4 Å². The number of rotatable bonds is 3. The number of amides is 2. The Morgan fingerprint density at radius 1 is 0.700 bits per heavy atom. The Bertz CT molecular complexity index is 1070. The maximum atomic E-state index is 13.4. The average molecular weight is 416 g/mol. The number of hydrogen-bond acceptors (Lipinski definition) is 3. The van der Waals surface area contributed by atoms with Gasteiger partial charge in [-0.25, -0.2) is 0 Å². The predicted octanol–water partition coefficient (Wildman–Crippen LogP) is 4.66. The minimum absolute atomic E-state index is 0.118. The van der Waals surface area contributed by atoms with Gasteiger partial charge in [-0.3, -0.25) is 14.4 Å². The van der Waals surface area contributed by atoms with Crippen molar-refractivity contribution in [1.82, 2.24) is 5.06 Å². The summed E-state index contributed by atoms with van der Waals surface area (Å²) < 4.78 is 0. The van der Waals surface area contributed by atoms with Gasteiger partial charge in [-0.2, -0.15) is 5.06 Å². The molecule has 1 aliphatic heterocycles. The van der Waals surface area contributed by atoms with Gasteiger partial charge in [-0.05, 0) is 39.9 Å². The van der Waals surface area contributed by atoms with Gasteiger partial charge >= 0.3 is 0 Å². The van der Waals surface area contributed by atoms with Crippen molar-refractivity contribution < 1.29 is 14.4 Å². The van der Waals surface area contributed by atoms with E-state index >= 15 is 0 Å². The fourth-order valence-corrected chi connectivity index (χ4v) is 5.62. The molecule has 4 aliphatic rings. The fraction of sp³-hybridized carbons (Fsp3) is 0.200. The zero-order valence-corrected chi connectivity index (χ0v) is 16.8. The summed E-state index contributed by atoms with van der Waals surface area (Å²) >= 11 is 5.94. The highest BCUT2D eigenvalue weighted by atomic mass is 35.5. The molecule has 0 N–H and O–H groups in total. The Hall–Kier alpha value is -2.95. The molecule has 0 radical (unpaired) electrons. The number of carbonyl (C=O) groups is 2. The van der Waals surface area contributed by atoms with Crippen molar-refractivity contribution in [1.29, 1.82) is 0 Å². The quantitative estimate of drug-likeness (QED) is 0.584. The summed E-state index contributed by atoms with van der Waals surface area (Å²) in [5, 5.41) is 1.65. The van der Waals surface area contributed by atoms with Crippen molar-refractivity contribution in [2.45, 2.75) is 18.4 Å². The molecule has 0 unspecified atom stereocenters. The van der Waals surface area contributed by atoms with Crippen molar-refractivity contribution >= 4 is 23.4 Å². The second-order valence-corrected chi connectivity index (χ2v) is 8.57. The molecule has 7 rings (SSSR count). The van der Waals surface area contributed by atoms with Crippen LogP contribution in [0, 0.1) is 11.8 Å². The highest BCUT2D eigenvalue weighted by Crippen LogP contribution is 2.60. The Labute approximate surface area is 179 Å². The molecule has 3 aliphatic carbocycles. The standard InChI is InChI=1S/C25H18ClNO3/c26-15-11-9-14(10-12-15)13-30-27-24(28)22-20-16-5-1-2-6-17(16)21(23(22)25(27)29)19-8-4-3-7-18(19)20/h1-12,20-23H,13H2/t20?,21?,22-,23-/m1/s1. The molecule has 3 aromatic carbocycles. The Morgan fingerprint density at radius 2 is 1.13 bits per heavy atom. The van der Waals surface area contributed by atoms with Crippen LogP contribution >= 0.6 is 11.6 Å². The first-order valence-corrected chi connectivity index (χ1v) is 10.5. The molecule has 3 aromatic rings. The van der Waals surface area contributed by atoms with Crippen molar-refractivity contribution in [3.8, 4) is 0 Å². The van der Waals surface area contributed by atoms with Gasteiger partial charge < -0.3 is 0 Å². The summed E-state index contributed by atoms with van der Waals surface area (Å²) in [5.74, 6) is -1.55. The van der Waals surface area contributed by atoms with E-state index in [-0.39, 0.29) is 30.3 Å². The molecule has 30 heavy (non-hydrogen) atoms.